The van der Waals surface area contributed by atoms with E-state index in [1.807, 2.05) is 17.9 Å². The second-order valence-corrected chi connectivity index (χ2v) is 4.98. The predicted molar refractivity (Wildman–Crippen MR) is 62.4 cm³/mol. The van der Waals surface area contributed by atoms with E-state index in [9.17, 15) is 0 Å². The normalized spacial score (nSPS) is 22.2. The van der Waals surface area contributed by atoms with E-state index >= 15 is 0 Å². The molecule has 4 heteroatoms. The van der Waals surface area contributed by atoms with E-state index in [1.165, 1.54) is 5.57 Å². The highest BCUT2D eigenvalue weighted by Gasteiger charge is 2.17. The lowest BCUT2D eigenvalue weighted by Crippen LogP contribution is -2.06. The van der Waals surface area contributed by atoms with Gasteiger partial charge in [0.05, 0.1) is 21.7 Å². The molecule has 0 saturated heterocycles. The van der Waals surface area contributed by atoms with Crippen molar-refractivity contribution in [3.8, 4) is 0 Å². The van der Waals surface area contributed by atoms with Crippen LogP contribution in [0.3, 0.4) is 0 Å². The van der Waals surface area contributed by atoms with Crippen molar-refractivity contribution in [2.45, 2.75) is 24.6 Å². The van der Waals surface area contributed by atoms with Gasteiger partial charge in [0.15, 0.2) is 0 Å². The van der Waals surface area contributed by atoms with Crippen LogP contribution >= 0.6 is 27.5 Å². The highest BCUT2D eigenvalue weighted by molar-refractivity contribution is 9.10. The zero-order valence-corrected chi connectivity index (χ0v) is 10.3. The van der Waals surface area contributed by atoms with E-state index in [0.717, 1.165) is 29.4 Å². The zero-order valence-electron chi connectivity index (χ0n) is 8.00. The minimum atomic E-state index is 0.181. The quantitative estimate of drug-likeness (QED) is 0.719. The maximum atomic E-state index is 6.11. The molecule has 1 atom stereocenters. The van der Waals surface area contributed by atoms with Gasteiger partial charge >= 0.3 is 0 Å². The van der Waals surface area contributed by atoms with Crippen LogP contribution in [-0.4, -0.2) is 15.2 Å². The van der Waals surface area contributed by atoms with E-state index in [1.54, 1.807) is 0 Å². The molecule has 0 aromatic carbocycles. The largest absolute Gasteiger partial charge is 0.267 e. The molecular formula is C10H12BrClN2. The molecule has 1 aromatic rings. The number of hydrogen-bond acceptors (Lipinski definition) is 1. The van der Waals surface area contributed by atoms with Gasteiger partial charge in [0, 0.05) is 7.05 Å². The van der Waals surface area contributed by atoms with Crippen LogP contribution in [0.1, 0.15) is 25.0 Å². The van der Waals surface area contributed by atoms with Crippen LogP contribution in [0.5, 0.6) is 0 Å². The Labute approximate surface area is 97.1 Å². The summed E-state index contributed by atoms with van der Waals surface area (Å²) in [7, 11) is 1.96. The van der Waals surface area contributed by atoms with Crippen LogP contribution in [-0.2, 0) is 7.05 Å². The van der Waals surface area contributed by atoms with Gasteiger partial charge in [-0.3, -0.25) is 4.68 Å². The van der Waals surface area contributed by atoms with Crippen LogP contribution in [0.4, 0.5) is 0 Å². The maximum Gasteiger partial charge on any atom is 0.0778 e. The van der Waals surface area contributed by atoms with E-state index in [4.69, 9.17) is 11.6 Å². The SMILES string of the molecule is Cn1ncc(Br)c1C1=CC(Cl)CCC1. The lowest BCUT2D eigenvalue weighted by atomic mass is 9.97. The van der Waals surface area contributed by atoms with Gasteiger partial charge in [-0.05, 0) is 40.8 Å². The molecule has 0 N–H and O–H groups in total. The number of hydrogen-bond donors (Lipinski definition) is 0. The molecule has 1 aromatic heterocycles. The van der Waals surface area contributed by atoms with Gasteiger partial charge in [0.1, 0.15) is 0 Å². The Kier molecular flexibility index (Phi) is 2.98. The summed E-state index contributed by atoms with van der Waals surface area (Å²) in [6.45, 7) is 0. The second-order valence-electron chi connectivity index (χ2n) is 3.56. The fourth-order valence-electron chi connectivity index (χ4n) is 1.84. The first-order valence-corrected chi connectivity index (χ1v) is 5.94. The predicted octanol–water partition coefficient (Wildman–Crippen LogP) is 3.36. The summed E-state index contributed by atoms with van der Waals surface area (Å²) in [5.41, 5.74) is 2.47. The monoisotopic (exact) mass is 274 g/mol. The van der Waals surface area contributed by atoms with E-state index in [0.29, 0.717) is 0 Å². The Morgan fingerprint density at radius 2 is 2.43 bits per heavy atom. The third-order valence-corrected chi connectivity index (χ3v) is 3.43. The number of halogens is 2. The smallest absolute Gasteiger partial charge is 0.0778 e. The second kappa shape index (κ2) is 4.07. The van der Waals surface area contributed by atoms with Crippen molar-refractivity contribution in [2.24, 2.45) is 7.05 Å². The number of rotatable bonds is 1. The van der Waals surface area contributed by atoms with Crippen LogP contribution in [0.15, 0.2) is 16.7 Å². The molecule has 76 valence electrons. The summed E-state index contributed by atoms with van der Waals surface area (Å²) in [5.74, 6) is 0. The summed E-state index contributed by atoms with van der Waals surface area (Å²) >= 11 is 9.62. The molecule has 0 fully saturated rings. The minimum Gasteiger partial charge on any atom is -0.267 e. The first-order chi connectivity index (χ1) is 6.68. The van der Waals surface area contributed by atoms with Crippen LogP contribution in [0.25, 0.3) is 5.57 Å². The summed E-state index contributed by atoms with van der Waals surface area (Å²) in [6.07, 6.45) is 7.32. The molecule has 1 unspecified atom stereocenters. The molecule has 2 rings (SSSR count). The van der Waals surface area contributed by atoms with Crippen LogP contribution in [0, 0.1) is 0 Å². The summed E-state index contributed by atoms with van der Waals surface area (Å²) in [6, 6.07) is 0. The molecule has 0 saturated carbocycles. The first-order valence-electron chi connectivity index (χ1n) is 4.71. The lowest BCUT2D eigenvalue weighted by molar-refractivity contribution is 0.716. The van der Waals surface area contributed by atoms with E-state index < -0.39 is 0 Å². The molecule has 0 amide bonds. The van der Waals surface area contributed by atoms with E-state index in [2.05, 4.69) is 27.1 Å². The number of aryl methyl sites for hydroxylation is 1. The molecule has 1 aliphatic carbocycles. The standard InChI is InChI=1S/C10H12BrClN2/c1-14-10(9(11)6-13-14)7-3-2-4-8(12)5-7/h5-6,8H,2-4H2,1H3. The van der Waals surface area contributed by atoms with Crippen molar-refractivity contribution >= 4 is 33.1 Å². The molecule has 0 bridgehead atoms. The average molecular weight is 276 g/mol. The topological polar surface area (TPSA) is 17.8 Å². The maximum absolute atomic E-state index is 6.11. The molecule has 14 heavy (non-hydrogen) atoms. The molecule has 0 spiro atoms. The Morgan fingerprint density at radius 1 is 1.64 bits per heavy atom. The Balaban J connectivity index is 2.39. The Morgan fingerprint density at radius 3 is 3.00 bits per heavy atom. The number of aromatic nitrogens is 2. The Hall–Kier alpha value is -0.280. The van der Waals surface area contributed by atoms with Crippen molar-refractivity contribution < 1.29 is 0 Å². The average Bonchev–Trinajstić information content (AvgIpc) is 2.46. The molecule has 1 aliphatic rings. The van der Waals surface area contributed by atoms with Gasteiger partial charge < -0.3 is 0 Å². The van der Waals surface area contributed by atoms with Crippen molar-refractivity contribution in [2.75, 3.05) is 0 Å². The molecule has 0 radical (unpaired) electrons. The van der Waals surface area contributed by atoms with Crippen LogP contribution in [0.2, 0.25) is 0 Å². The first kappa shape index (κ1) is 10.2. The van der Waals surface area contributed by atoms with Gasteiger partial charge in [0.2, 0.25) is 0 Å². The summed E-state index contributed by atoms with van der Waals surface area (Å²) in [4.78, 5) is 0. The highest BCUT2D eigenvalue weighted by atomic mass is 79.9. The zero-order chi connectivity index (χ0) is 10.1. The van der Waals surface area contributed by atoms with Gasteiger partial charge in [-0.1, -0.05) is 6.08 Å². The lowest BCUT2D eigenvalue weighted by Gasteiger charge is -2.16. The fourth-order valence-corrected chi connectivity index (χ4v) is 2.75. The highest BCUT2D eigenvalue weighted by Crippen LogP contribution is 2.32. The van der Waals surface area contributed by atoms with Crippen molar-refractivity contribution in [1.29, 1.82) is 0 Å². The number of alkyl halides is 1. The summed E-state index contributed by atoms with van der Waals surface area (Å²) in [5, 5.41) is 4.38. The third-order valence-electron chi connectivity index (χ3n) is 2.51. The van der Waals surface area contributed by atoms with Crippen LogP contribution < -0.4 is 0 Å². The summed E-state index contributed by atoms with van der Waals surface area (Å²) < 4.78 is 2.95. The minimum absolute atomic E-state index is 0.181. The van der Waals surface area contributed by atoms with Crippen molar-refractivity contribution in [3.63, 3.8) is 0 Å². The molecular weight excluding hydrogens is 263 g/mol. The van der Waals surface area contributed by atoms with Gasteiger partial charge in [-0.15, -0.1) is 11.6 Å². The fraction of sp³-hybridized carbons (Fsp3) is 0.500. The van der Waals surface area contributed by atoms with Crippen molar-refractivity contribution in [3.05, 3.63) is 22.4 Å². The number of allylic oxidation sites excluding steroid dienone is 2. The number of nitrogens with zero attached hydrogens (tertiary/aromatic N) is 2. The van der Waals surface area contributed by atoms with Gasteiger partial charge in [-0.25, -0.2) is 0 Å². The van der Waals surface area contributed by atoms with Gasteiger partial charge in [0.25, 0.3) is 0 Å². The molecule has 2 nitrogen and oxygen atoms in total. The third kappa shape index (κ3) is 1.89. The van der Waals surface area contributed by atoms with E-state index in [-0.39, 0.29) is 5.38 Å². The van der Waals surface area contributed by atoms with Gasteiger partial charge in [-0.2, -0.15) is 5.10 Å². The van der Waals surface area contributed by atoms with Crippen molar-refractivity contribution in [1.82, 2.24) is 9.78 Å². The molecule has 1 heterocycles. The molecule has 0 aliphatic heterocycles. The Bertz CT molecular complexity index is 351.